The van der Waals surface area contributed by atoms with Gasteiger partial charge < -0.3 is 14.4 Å². The Labute approximate surface area is 280 Å². The number of rotatable bonds is 2. The Balaban J connectivity index is 0.000000250. The van der Waals surface area contributed by atoms with E-state index in [2.05, 4.69) is 55.9 Å². The van der Waals surface area contributed by atoms with Crippen molar-refractivity contribution in [2.45, 2.75) is 58.2 Å². The van der Waals surface area contributed by atoms with E-state index in [-0.39, 0.29) is 36.6 Å². The Morgan fingerprint density at radius 1 is 0.841 bits per heavy atom. The summed E-state index contributed by atoms with van der Waals surface area (Å²) in [5.41, 5.74) is 6.27. The summed E-state index contributed by atoms with van der Waals surface area (Å²) < 4.78 is 30.3. The molecule has 7 aromatic rings. The molecule has 2 aromatic carbocycles. The fraction of sp³-hybridized carbons (Fsp3) is 0.237. The van der Waals surface area contributed by atoms with Crippen molar-refractivity contribution >= 4 is 43.5 Å². The molecule has 8 rings (SSSR count). The second-order valence-corrected chi connectivity index (χ2v) is 13.4. The first-order valence-corrected chi connectivity index (χ1v) is 15.3. The second-order valence-electron chi connectivity index (χ2n) is 12.4. The largest absolute Gasteiger partial charge is 0.486 e. The first-order chi connectivity index (χ1) is 21.9. The number of nitrogens with zero attached hydrogens (tertiary/aromatic N) is 3. The molecule has 0 fully saturated rings. The van der Waals surface area contributed by atoms with Crippen molar-refractivity contribution in [2.75, 3.05) is 0 Å². The van der Waals surface area contributed by atoms with Gasteiger partial charge in [-0.2, -0.15) is 0 Å². The molecule has 0 saturated heterocycles. The summed E-state index contributed by atoms with van der Waals surface area (Å²) in [4.78, 5) is 14.8. The Hall–Kier alpha value is -3.70. The zero-order valence-corrected chi connectivity index (χ0v) is 28.2. The number of hydrogen-bond acceptors (Lipinski definition) is 5. The van der Waals surface area contributed by atoms with E-state index >= 15 is 0 Å². The molecule has 0 bridgehead atoms. The van der Waals surface area contributed by atoms with E-state index in [1.54, 1.807) is 18.3 Å². The van der Waals surface area contributed by atoms with Gasteiger partial charge in [0.05, 0.1) is 5.58 Å². The standard InChI is InChI=1S/C27H25N2OS.C11H8N.Ir/c1-15-9-10-17-16-7-6-8-18(23(16)30-25(17)29-15)20-13-21-19(14-28-20)22-24(31-21)27(4,5)12-11-26(22,2)3;1-2-6-10(7-3-1)11-8-4-5-9-12-11;/h6-7,9-10,13-14H,11-12H2,1-5H3;1-6,8-9H;/q2*-1;/i1D3;;. The minimum Gasteiger partial charge on any atom is -0.486 e. The SMILES string of the molecule is [2H]C([2H])([2H])c1ccc2c(n1)oc1c(-c3cc4sc5c(c4cn3)C(C)(C)CCC5(C)C)[c-]ccc12.[Ir].[c-]1ccccc1-c1ccccn1. The van der Waals surface area contributed by atoms with Crippen molar-refractivity contribution in [1.82, 2.24) is 15.0 Å². The summed E-state index contributed by atoms with van der Waals surface area (Å²) in [5, 5.41) is 2.90. The molecule has 4 nitrogen and oxygen atoms in total. The van der Waals surface area contributed by atoms with Crippen LogP contribution in [-0.4, -0.2) is 15.0 Å². The fourth-order valence-electron chi connectivity index (χ4n) is 6.03. The number of pyridine rings is 3. The van der Waals surface area contributed by atoms with Crippen LogP contribution in [0.2, 0.25) is 0 Å². The van der Waals surface area contributed by atoms with Crippen LogP contribution in [0.15, 0.2) is 89.6 Å². The van der Waals surface area contributed by atoms with Crippen molar-refractivity contribution < 1.29 is 28.6 Å². The summed E-state index contributed by atoms with van der Waals surface area (Å²) in [7, 11) is 0. The van der Waals surface area contributed by atoms with Gasteiger partial charge in [-0.25, -0.2) is 4.98 Å². The van der Waals surface area contributed by atoms with Crippen LogP contribution in [0.4, 0.5) is 0 Å². The number of hydrogen-bond donors (Lipinski definition) is 0. The van der Waals surface area contributed by atoms with Crippen LogP contribution in [0.5, 0.6) is 0 Å². The maximum absolute atomic E-state index is 7.66. The minimum atomic E-state index is -2.28. The monoisotopic (exact) mass is 775 g/mol. The van der Waals surface area contributed by atoms with Crippen molar-refractivity contribution in [1.29, 1.82) is 0 Å². The molecule has 5 aromatic heterocycles. The van der Waals surface area contributed by atoms with Gasteiger partial charge in [0.25, 0.3) is 0 Å². The van der Waals surface area contributed by atoms with Crippen LogP contribution in [0.25, 0.3) is 54.7 Å². The molecule has 0 saturated carbocycles. The number of fused-ring (bicyclic) bond motifs is 6. The smallest absolute Gasteiger partial charge is 0.216 e. The van der Waals surface area contributed by atoms with Crippen molar-refractivity contribution in [2.24, 2.45) is 0 Å². The molecule has 223 valence electrons. The molecule has 6 heteroatoms. The van der Waals surface area contributed by atoms with Crippen molar-refractivity contribution in [3.8, 4) is 22.5 Å². The molecule has 0 amide bonds. The molecule has 0 aliphatic heterocycles. The Kier molecular flexibility index (Phi) is 7.07. The molecule has 5 heterocycles. The predicted octanol–water partition coefficient (Wildman–Crippen LogP) is 10.3. The molecule has 0 unspecified atom stereocenters. The third-order valence-electron chi connectivity index (χ3n) is 8.45. The van der Waals surface area contributed by atoms with Crippen molar-refractivity contribution in [3.05, 3.63) is 113 Å². The van der Waals surface area contributed by atoms with Gasteiger partial charge >= 0.3 is 0 Å². The topological polar surface area (TPSA) is 51.8 Å². The van der Waals surface area contributed by atoms with Gasteiger partial charge in [-0.05, 0) is 65.7 Å². The molecule has 1 aliphatic carbocycles. The van der Waals surface area contributed by atoms with Crippen LogP contribution in [0, 0.1) is 19.0 Å². The Morgan fingerprint density at radius 2 is 1.68 bits per heavy atom. The number of furan rings is 1. The fourth-order valence-corrected chi connectivity index (χ4v) is 7.55. The zero-order valence-electron chi connectivity index (χ0n) is 28.0. The molecule has 44 heavy (non-hydrogen) atoms. The van der Waals surface area contributed by atoms with Crippen LogP contribution in [-0.2, 0) is 30.9 Å². The minimum absolute atomic E-state index is 0. The number of thiophene rings is 1. The van der Waals surface area contributed by atoms with Crippen molar-refractivity contribution in [3.63, 3.8) is 0 Å². The number of aromatic nitrogens is 3. The van der Waals surface area contributed by atoms with E-state index in [1.807, 2.05) is 72.1 Å². The maximum Gasteiger partial charge on any atom is 0.216 e. The van der Waals surface area contributed by atoms with Gasteiger partial charge in [0.1, 0.15) is 0 Å². The Morgan fingerprint density at radius 3 is 2.45 bits per heavy atom. The maximum atomic E-state index is 7.66. The predicted molar refractivity (Wildman–Crippen MR) is 177 cm³/mol. The molecule has 1 aliphatic rings. The number of benzene rings is 2. The van der Waals surface area contributed by atoms with Gasteiger partial charge in [-0.1, -0.05) is 56.8 Å². The van der Waals surface area contributed by atoms with E-state index < -0.39 is 6.85 Å². The van der Waals surface area contributed by atoms with E-state index in [0.717, 1.165) is 39.7 Å². The second kappa shape index (κ2) is 11.7. The van der Waals surface area contributed by atoms with Crippen LogP contribution < -0.4 is 0 Å². The number of aryl methyl sites for hydroxylation is 1. The van der Waals surface area contributed by atoms with E-state index in [1.165, 1.54) is 26.9 Å². The van der Waals surface area contributed by atoms with Gasteiger partial charge in [0.2, 0.25) is 5.71 Å². The van der Waals surface area contributed by atoms with Crippen LogP contribution in [0.1, 0.15) is 60.8 Å². The van der Waals surface area contributed by atoms with Crippen LogP contribution in [0.3, 0.4) is 0 Å². The molecular formula is C38H33IrN3OS-2. The molecule has 0 spiro atoms. The molecule has 0 atom stereocenters. The molecule has 1 radical (unpaired) electrons. The summed E-state index contributed by atoms with van der Waals surface area (Å²) in [6.07, 6.45) is 6.13. The van der Waals surface area contributed by atoms with Gasteiger partial charge in [-0.3, -0.25) is 0 Å². The Bertz CT molecular complexity index is 2170. The summed E-state index contributed by atoms with van der Waals surface area (Å²) in [6, 6.07) is 29.4. The van der Waals surface area contributed by atoms with Gasteiger partial charge in [0.15, 0.2) is 0 Å². The average Bonchev–Trinajstić information content (AvgIpc) is 3.64. The first kappa shape index (κ1) is 26.7. The third kappa shape index (κ3) is 5.40. The average molecular weight is 775 g/mol. The van der Waals surface area contributed by atoms with Gasteiger partial charge in [0, 0.05) is 62.7 Å². The summed E-state index contributed by atoms with van der Waals surface area (Å²) >= 11 is 1.87. The van der Waals surface area contributed by atoms with E-state index in [4.69, 9.17) is 13.5 Å². The normalized spacial score (nSPS) is 16.2. The molecule has 0 N–H and O–H groups in total. The van der Waals surface area contributed by atoms with Crippen LogP contribution >= 0.6 is 11.3 Å². The quantitative estimate of drug-likeness (QED) is 0.164. The van der Waals surface area contributed by atoms with E-state index in [9.17, 15) is 0 Å². The summed E-state index contributed by atoms with van der Waals surface area (Å²) in [5.74, 6) is 0. The van der Waals surface area contributed by atoms with E-state index in [0.29, 0.717) is 11.3 Å². The molecular weight excluding hydrogens is 739 g/mol. The van der Waals surface area contributed by atoms with Gasteiger partial charge in [-0.15, -0.1) is 65.4 Å². The first-order valence-electron chi connectivity index (χ1n) is 16.0. The zero-order chi connectivity index (χ0) is 32.3. The summed E-state index contributed by atoms with van der Waals surface area (Å²) in [6.45, 7) is 7.08. The third-order valence-corrected chi connectivity index (χ3v) is 9.96.